The van der Waals surface area contributed by atoms with Crippen LogP contribution in [-0.2, 0) is 0 Å². The van der Waals surface area contributed by atoms with Gasteiger partial charge in [-0.2, -0.15) is 0 Å². The highest BCUT2D eigenvalue weighted by Crippen LogP contribution is 2.25. The number of nitrogens with zero attached hydrogens (tertiary/aromatic N) is 2. The molecule has 0 unspecified atom stereocenters. The maximum absolute atomic E-state index is 3.77. The van der Waals surface area contributed by atoms with E-state index < -0.39 is 0 Å². The summed E-state index contributed by atoms with van der Waals surface area (Å²) in [5, 5.41) is 3.77. The van der Waals surface area contributed by atoms with E-state index in [4.69, 9.17) is 0 Å². The van der Waals surface area contributed by atoms with Crippen molar-refractivity contribution in [3.05, 3.63) is 0 Å². The van der Waals surface area contributed by atoms with Crippen molar-refractivity contribution in [1.29, 1.82) is 0 Å². The van der Waals surface area contributed by atoms with Crippen LogP contribution in [0.25, 0.3) is 0 Å². The molecule has 0 spiro atoms. The lowest BCUT2D eigenvalue weighted by Gasteiger charge is -2.33. The Labute approximate surface area is 119 Å². The van der Waals surface area contributed by atoms with Crippen molar-refractivity contribution in [1.82, 2.24) is 15.1 Å². The molecular formula is C16H33N3. The first kappa shape index (κ1) is 15.3. The van der Waals surface area contributed by atoms with Crippen molar-refractivity contribution in [2.45, 2.75) is 58.5 Å². The number of nitrogens with one attached hydrogen (secondary N) is 1. The van der Waals surface area contributed by atoms with Crippen molar-refractivity contribution in [3.63, 3.8) is 0 Å². The van der Waals surface area contributed by atoms with Gasteiger partial charge in [-0.15, -0.1) is 0 Å². The van der Waals surface area contributed by atoms with Crippen molar-refractivity contribution < 1.29 is 0 Å². The molecule has 0 aromatic rings. The SMILES string of the molecule is CCN(CCNC1CCN(CC(C)C)CC1)C1CC1. The Kier molecular flexibility index (Phi) is 6.11. The maximum Gasteiger partial charge on any atom is 0.0110 e. The van der Waals surface area contributed by atoms with Crippen molar-refractivity contribution in [2.75, 3.05) is 39.3 Å². The molecule has 1 saturated heterocycles. The van der Waals surface area contributed by atoms with Gasteiger partial charge in [0.25, 0.3) is 0 Å². The normalized spacial score (nSPS) is 22.6. The minimum absolute atomic E-state index is 0.765. The summed E-state index contributed by atoms with van der Waals surface area (Å²) < 4.78 is 0. The lowest BCUT2D eigenvalue weighted by molar-refractivity contribution is 0.176. The molecule has 19 heavy (non-hydrogen) atoms. The zero-order chi connectivity index (χ0) is 13.7. The summed E-state index contributed by atoms with van der Waals surface area (Å²) in [5.41, 5.74) is 0. The lowest BCUT2D eigenvalue weighted by atomic mass is 10.0. The summed E-state index contributed by atoms with van der Waals surface area (Å²) in [6.07, 6.45) is 5.54. The number of rotatable bonds is 8. The highest BCUT2D eigenvalue weighted by Gasteiger charge is 2.27. The van der Waals surface area contributed by atoms with Gasteiger partial charge >= 0.3 is 0 Å². The van der Waals surface area contributed by atoms with Crippen LogP contribution in [0.2, 0.25) is 0 Å². The topological polar surface area (TPSA) is 18.5 Å². The van der Waals surface area contributed by atoms with E-state index in [1.165, 1.54) is 65.0 Å². The standard InChI is InChI=1S/C16H33N3/c1-4-19(16-5-6-16)12-9-17-15-7-10-18(11-8-15)13-14(2)3/h14-17H,4-13H2,1-3H3. The van der Waals surface area contributed by atoms with E-state index in [0.29, 0.717) is 0 Å². The molecule has 3 nitrogen and oxygen atoms in total. The molecule has 112 valence electrons. The van der Waals surface area contributed by atoms with E-state index >= 15 is 0 Å². The fourth-order valence-corrected chi connectivity index (χ4v) is 3.29. The average molecular weight is 267 g/mol. The minimum Gasteiger partial charge on any atom is -0.313 e. The lowest BCUT2D eigenvalue weighted by Crippen LogP contribution is -2.45. The summed E-state index contributed by atoms with van der Waals surface area (Å²) in [7, 11) is 0. The van der Waals surface area contributed by atoms with Gasteiger partial charge in [-0.1, -0.05) is 20.8 Å². The summed E-state index contributed by atoms with van der Waals surface area (Å²) in [4.78, 5) is 5.27. The van der Waals surface area contributed by atoms with E-state index in [1.807, 2.05) is 0 Å². The van der Waals surface area contributed by atoms with Crippen molar-refractivity contribution >= 4 is 0 Å². The molecular weight excluding hydrogens is 234 g/mol. The Hall–Kier alpha value is -0.120. The fraction of sp³-hybridized carbons (Fsp3) is 1.00. The van der Waals surface area contributed by atoms with Crippen LogP contribution in [0, 0.1) is 5.92 Å². The van der Waals surface area contributed by atoms with Crippen LogP contribution >= 0.6 is 0 Å². The molecule has 0 amide bonds. The number of piperidine rings is 1. The first-order valence-corrected chi connectivity index (χ1v) is 8.38. The zero-order valence-electron chi connectivity index (χ0n) is 13.2. The Morgan fingerprint density at radius 1 is 1.16 bits per heavy atom. The van der Waals surface area contributed by atoms with E-state index in [-0.39, 0.29) is 0 Å². The molecule has 1 aliphatic carbocycles. The highest BCUT2D eigenvalue weighted by atomic mass is 15.2. The van der Waals surface area contributed by atoms with Gasteiger partial charge in [-0.25, -0.2) is 0 Å². The zero-order valence-corrected chi connectivity index (χ0v) is 13.2. The van der Waals surface area contributed by atoms with Crippen LogP contribution in [0.1, 0.15) is 46.5 Å². The molecule has 0 radical (unpaired) electrons. The molecule has 0 bridgehead atoms. The van der Waals surface area contributed by atoms with E-state index in [0.717, 1.165) is 18.0 Å². The molecule has 1 saturated carbocycles. The third-order valence-electron chi connectivity index (χ3n) is 4.51. The van der Waals surface area contributed by atoms with Gasteiger partial charge in [0.15, 0.2) is 0 Å². The molecule has 2 aliphatic rings. The van der Waals surface area contributed by atoms with Crippen LogP contribution in [0.3, 0.4) is 0 Å². The largest absolute Gasteiger partial charge is 0.313 e. The van der Waals surface area contributed by atoms with Crippen LogP contribution in [-0.4, -0.2) is 61.2 Å². The highest BCUT2D eigenvalue weighted by molar-refractivity contribution is 4.84. The summed E-state index contributed by atoms with van der Waals surface area (Å²) in [6, 6.07) is 1.68. The fourth-order valence-electron chi connectivity index (χ4n) is 3.29. The molecule has 1 aliphatic heterocycles. The Morgan fingerprint density at radius 2 is 1.84 bits per heavy atom. The monoisotopic (exact) mass is 267 g/mol. The van der Waals surface area contributed by atoms with Crippen LogP contribution < -0.4 is 5.32 Å². The van der Waals surface area contributed by atoms with Gasteiger partial charge in [-0.3, -0.25) is 4.90 Å². The molecule has 1 heterocycles. The van der Waals surface area contributed by atoms with Gasteiger partial charge in [0, 0.05) is 31.7 Å². The quantitative estimate of drug-likeness (QED) is 0.727. The second kappa shape index (κ2) is 7.61. The van der Waals surface area contributed by atoms with Crippen molar-refractivity contribution in [2.24, 2.45) is 5.92 Å². The summed E-state index contributed by atoms with van der Waals surface area (Å²) >= 11 is 0. The second-order valence-corrected chi connectivity index (χ2v) is 6.78. The predicted octanol–water partition coefficient (Wildman–Crippen LogP) is 2.18. The van der Waals surface area contributed by atoms with Gasteiger partial charge in [0.2, 0.25) is 0 Å². The number of likely N-dealkylation sites (tertiary alicyclic amines) is 1. The minimum atomic E-state index is 0.765. The molecule has 1 N–H and O–H groups in total. The van der Waals surface area contributed by atoms with E-state index in [9.17, 15) is 0 Å². The number of hydrogen-bond donors (Lipinski definition) is 1. The maximum atomic E-state index is 3.77. The van der Waals surface area contributed by atoms with E-state index in [1.54, 1.807) is 0 Å². The summed E-state index contributed by atoms with van der Waals surface area (Å²) in [6.45, 7) is 14.4. The Morgan fingerprint density at radius 3 is 2.37 bits per heavy atom. The predicted molar refractivity (Wildman–Crippen MR) is 82.6 cm³/mol. The Bertz CT molecular complexity index is 242. The van der Waals surface area contributed by atoms with Crippen LogP contribution in [0.5, 0.6) is 0 Å². The third kappa shape index (κ3) is 5.41. The van der Waals surface area contributed by atoms with Gasteiger partial charge in [0.05, 0.1) is 0 Å². The van der Waals surface area contributed by atoms with Gasteiger partial charge < -0.3 is 10.2 Å². The molecule has 2 fully saturated rings. The Balaban J connectivity index is 1.55. The molecule has 0 aromatic heterocycles. The van der Waals surface area contributed by atoms with Crippen LogP contribution in [0.15, 0.2) is 0 Å². The summed E-state index contributed by atoms with van der Waals surface area (Å²) in [5.74, 6) is 0.807. The molecule has 0 atom stereocenters. The second-order valence-electron chi connectivity index (χ2n) is 6.78. The third-order valence-corrected chi connectivity index (χ3v) is 4.51. The van der Waals surface area contributed by atoms with Gasteiger partial charge in [0.1, 0.15) is 0 Å². The van der Waals surface area contributed by atoms with Crippen molar-refractivity contribution in [3.8, 4) is 0 Å². The molecule has 3 heteroatoms. The molecule has 0 aromatic carbocycles. The van der Waals surface area contributed by atoms with E-state index in [2.05, 4.69) is 35.9 Å². The first-order valence-electron chi connectivity index (χ1n) is 8.38. The number of likely N-dealkylation sites (N-methyl/N-ethyl adjacent to an activating group) is 1. The van der Waals surface area contributed by atoms with Crippen LogP contribution in [0.4, 0.5) is 0 Å². The first-order chi connectivity index (χ1) is 9.19. The smallest absolute Gasteiger partial charge is 0.0110 e. The van der Waals surface area contributed by atoms with Gasteiger partial charge in [-0.05, 0) is 51.2 Å². The molecule has 2 rings (SSSR count). The average Bonchev–Trinajstić information content (AvgIpc) is 3.20. The number of hydrogen-bond acceptors (Lipinski definition) is 3.